The minimum atomic E-state index is -0.380. The Balaban J connectivity index is 2.20. The van der Waals surface area contributed by atoms with E-state index in [1.165, 1.54) is 0 Å². The summed E-state index contributed by atoms with van der Waals surface area (Å²) in [5.41, 5.74) is 2.27. The Kier molecular flexibility index (Phi) is 3.69. The number of cyclic esters (lactones) is 2. The number of hydrogen-bond acceptors (Lipinski definition) is 4. The molecule has 1 heterocycles. The zero-order valence-electron chi connectivity index (χ0n) is 11.4. The average Bonchev–Trinajstić information content (AvgIpc) is 2.55. The molecule has 2 aromatic carbocycles. The molecule has 0 bridgehead atoms. The maximum absolute atomic E-state index is 12.2. The lowest BCUT2D eigenvalue weighted by atomic mass is 9.95. The second kappa shape index (κ2) is 5.79. The molecule has 0 aromatic heterocycles. The van der Waals surface area contributed by atoms with Crippen LogP contribution in [-0.4, -0.2) is 25.2 Å². The van der Waals surface area contributed by atoms with Gasteiger partial charge in [0, 0.05) is 6.42 Å². The first-order valence-electron chi connectivity index (χ1n) is 6.80. The van der Waals surface area contributed by atoms with Crippen molar-refractivity contribution in [2.75, 3.05) is 13.2 Å². The maximum Gasteiger partial charge on any atom is 0.338 e. The summed E-state index contributed by atoms with van der Waals surface area (Å²) in [6, 6.07) is 14.2. The van der Waals surface area contributed by atoms with E-state index in [0.717, 1.165) is 0 Å². The lowest BCUT2D eigenvalue weighted by Crippen LogP contribution is -2.09. The van der Waals surface area contributed by atoms with Crippen molar-refractivity contribution in [1.82, 2.24) is 0 Å². The van der Waals surface area contributed by atoms with Crippen LogP contribution in [-0.2, 0) is 9.47 Å². The Morgan fingerprint density at radius 2 is 1.00 bits per heavy atom. The highest BCUT2D eigenvalue weighted by Crippen LogP contribution is 2.28. The third kappa shape index (κ3) is 2.65. The molecule has 106 valence electrons. The zero-order chi connectivity index (χ0) is 14.7. The van der Waals surface area contributed by atoms with Crippen molar-refractivity contribution in [2.24, 2.45) is 0 Å². The summed E-state index contributed by atoms with van der Waals surface area (Å²) in [6.45, 7) is 0.466. The fourth-order valence-electron chi connectivity index (χ4n) is 2.34. The molecule has 0 saturated heterocycles. The van der Waals surface area contributed by atoms with E-state index in [1.807, 2.05) is 12.1 Å². The van der Waals surface area contributed by atoms with Crippen molar-refractivity contribution in [3.63, 3.8) is 0 Å². The van der Waals surface area contributed by atoms with Crippen molar-refractivity contribution >= 4 is 11.9 Å². The van der Waals surface area contributed by atoms with Crippen LogP contribution in [0, 0.1) is 0 Å². The van der Waals surface area contributed by atoms with Crippen LogP contribution in [0.15, 0.2) is 48.5 Å². The van der Waals surface area contributed by atoms with Gasteiger partial charge in [0.25, 0.3) is 0 Å². The fourth-order valence-corrected chi connectivity index (χ4v) is 2.34. The Bertz CT molecular complexity index is 631. The summed E-state index contributed by atoms with van der Waals surface area (Å²) in [5, 5.41) is 0. The third-order valence-corrected chi connectivity index (χ3v) is 3.34. The lowest BCUT2D eigenvalue weighted by molar-refractivity contribution is 0.0400. The summed E-state index contributed by atoms with van der Waals surface area (Å²) in [5.74, 6) is -0.760. The number of carbonyl (C=O) groups excluding carboxylic acids is 2. The van der Waals surface area contributed by atoms with E-state index in [0.29, 0.717) is 28.7 Å². The summed E-state index contributed by atoms with van der Waals surface area (Å²) >= 11 is 0. The summed E-state index contributed by atoms with van der Waals surface area (Å²) < 4.78 is 10.4. The highest BCUT2D eigenvalue weighted by Gasteiger charge is 2.20. The number of benzene rings is 2. The molecule has 0 N–H and O–H groups in total. The minimum Gasteiger partial charge on any atom is -0.462 e. The lowest BCUT2D eigenvalue weighted by Gasteiger charge is -2.11. The number of rotatable bonds is 0. The zero-order valence-corrected chi connectivity index (χ0v) is 11.4. The van der Waals surface area contributed by atoms with Crippen LogP contribution in [0.2, 0.25) is 0 Å². The second-order valence-electron chi connectivity index (χ2n) is 4.72. The molecule has 0 aliphatic carbocycles. The quantitative estimate of drug-likeness (QED) is 0.697. The molecular formula is C17H14O4. The SMILES string of the molecule is O=C1OCCCOC(=O)c2ccccc2-c2ccccc21. The van der Waals surface area contributed by atoms with Crippen molar-refractivity contribution in [1.29, 1.82) is 0 Å². The number of hydrogen-bond donors (Lipinski definition) is 0. The van der Waals surface area contributed by atoms with Crippen LogP contribution in [0.5, 0.6) is 0 Å². The van der Waals surface area contributed by atoms with Gasteiger partial charge >= 0.3 is 11.9 Å². The van der Waals surface area contributed by atoms with E-state index in [-0.39, 0.29) is 25.2 Å². The molecule has 4 nitrogen and oxygen atoms in total. The molecule has 0 spiro atoms. The molecule has 0 radical (unpaired) electrons. The first-order valence-corrected chi connectivity index (χ1v) is 6.80. The van der Waals surface area contributed by atoms with Gasteiger partial charge in [-0.05, 0) is 23.3 Å². The maximum atomic E-state index is 12.2. The average molecular weight is 282 g/mol. The minimum absolute atomic E-state index is 0.233. The number of carbonyl (C=O) groups is 2. The highest BCUT2D eigenvalue weighted by atomic mass is 16.5. The van der Waals surface area contributed by atoms with Gasteiger partial charge in [-0.25, -0.2) is 9.59 Å². The fraction of sp³-hybridized carbons (Fsp3) is 0.176. The number of ether oxygens (including phenoxy) is 2. The smallest absolute Gasteiger partial charge is 0.338 e. The van der Waals surface area contributed by atoms with Crippen LogP contribution in [0.1, 0.15) is 27.1 Å². The molecule has 3 rings (SSSR count). The Morgan fingerprint density at radius 1 is 0.619 bits per heavy atom. The molecule has 1 aliphatic rings. The van der Waals surface area contributed by atoms with Gasteiger partial charge in [0.1, 0.15) is 0 Å². The monoisotopic (exact) mass is 282 g/mol. The Morgan fingerprint density at radius 3 is 1.43 bits per heavy atom. The largest absolute Gasteiger partial charge is 0.462 e. The second-order valence-corrected chi connectivity index (χ2v) is 4.72. The van der Waals surface area contributed by atoms with Crippen LogP contribution in [0.4, 0.5) is 0 Å². The van der Waals surface area contributed by atoms with Crippen LogP contribution < -0.4 is 0 Å². The van der Waals surface area contributed by atoms with Gasteiger partial charge in [-0.15, -0.1) is 0 Å². The summed E-state index contributed by atoms with van der Waals surface area (Å²) in [6.07, 6.45) is 0.488. The number of esters is 2. The molecule has 1 aliphatic heterocycles. The van der Waals surface area contributed by atoms with Gasteiger partial charge in [0.15, 0.2) is 0 Å². The van der Waals surface area contributed by atoms with Crippen LogP contribution in [0.3, 0.4) is 0 Å². The van der Waals surface area contributed by atoms with Crippen molar-refractivity contribution in [3.05, 3.63) is 59.7 Å². The summed E-state index contributed by atoms with van der Waals surface area (Å²) in [7, 11) is 0. The van der Waals surface area contributed by atoms with Crippen LogP contribution >= 0.6 is 0 Å². The normalized spacial score (nSPS) is 15.0. The van der Waals surface area contributed by atoms with E-state index in [2.05, 4.69) is 0 Å². The molecule has 0 fully saturated rings. The molecule has 2 aromatic rings. The Hall–Kier alpha value is -2.62. The molecule has 0 saturated carbocycles. The molecule has 0 amide bonds. The predicted octanol–water partition coefficient (Wildman–Crippen LogP) is 3.07. The van der Waals surface area contributed by atoms with E-state index < -0.39 is 0 Å². The number of fused-ring (bicyclic) bond motifs is 3. The third-order valence-electron chi connectivity index (χ3n) is 3.34. The van der Waals surface area contributed by atoms with Gasteiger partial charge in [0.2, 0.25) is 0 Å². The standard InChI is InChI=1S/C17H14O4/c18-16-14-8-3-1-6-12(14)13-7-2-4-9-15(13)17(19)21-11-5-10-20-16/h1-4,6-9H,5,10-11H2. The summed E-state index contributed by atoms with van der Waals surface area (Å²) in [4.78, 5) is 24.4. The van der Waals surface area contributed by atoms with Gasteiger partial charge in [-0.2, -0.15) is 0 Å². The van der Waals surface area contributed by atoms with Crippen LogP contribution in [0.25, 0.3) is 11.1 Å². The van der Waals surface area contributed by atoms with Gasteiger partial charge in [-0.1, -0.05) is 36.4 Å². The van der Waals surface area contributed by atoms with Gasteiger partial charge < -0.3 is 9.47 Å². The van der Waals surface area contributed by atoms with Crippen molar-refractivity contribution in [3.8, 4) is 11.1 Å². The van der Waals surface area contributed by atoms with E-state index >= 15 is 0 Å². The molecule has 0 atom stereocenters. The topological polar surface area (TPSA) is 52.6 Å². The molecule has 4 heteroatoms. The molecular weight excluding hydrogens is 268 g/mol. The van der Waals surface area contributed by atoms with Gasteiger partial charge in [0.05, 0.1) is 24.3 Å². The molecule has 21 heavy (non-hydrogen) atoms. The van der Waals surface area contributed by atoms with Gasteiger partial charge in [-0.3, -0.25) is 0 Å². The Labute approximate surface area is 122 Å². The highest BCUT2D eigenvalue weighted by molar-refractivity contribution is 6.03. The van der Waals surface area contributed by atoms with E-state index in [1.54, 1.807) is 36.4 Å². The van der Waals surface area contributed by atoms with Crippen molar-refractivity contribution in [2.45, 2.75) is 6.42 Å². The first-order chi connectivity index (χ1) is 10.3. The van der Waals surface area contributed by atoms with Crippen molar-refractivity contribution < 1.29 is 19.1 Å². The van der Waals surface area contributed by atoms with E-state index in [9.17, 15) is 9.59 Å². The van der Waals surface area contributed by atoms with E-state index in [4.69, 9.17) is 9.47 Å². The predicted molar refractivity (Wildman–Crippen MR) is 77.1 cm³/mol. The molecule has 0 unspecified atom stereocenters. The first kappa shape index (κ1) is 13.4.